The van der Waals surface area contributed by atoms with Crippen LogP contribution < -0.4 is 0 Å². The predicted molar refractivity (Wildman–Crippen MR) is 106 cm³/mol. The molecule has 0 radical (unpaired) electrons. The maximum absolute atomic E-state index is 12.9. The zero-order chi connectivity index (χ0) is 21.2. The fraction of sp³-hybridized carbons (Fsp3) is 0.913. The lowest BCUT2D eigenvalue weighted by atomic mass is 9.43. The topological polar surface area (TPSA) is 104 Å². The average Bonchev–Trinajstić information content (AvgIpc) is 2.91. The van der Waals surface area contributed by atoms with Crippen molar-refractivity contribution in [2.75, 3.05) is 6.61 Å². The van der Waals surface area contributed by atoms with E-state index in [0.29, 0.717) is 18.8 Å². The first kappa shape index (κ1) is 21.3. The van der Waals surface area contributed by atoms with E-state index in [9.17, 15) is 24.9 Å². The third-order valence-electron chi connectivity index (χ3n) is 9.59. The van der Waals surface area contributed by atoms with E-state index < -0.39 is 35.5 Å². The molecule has 0 aliphatic heterocycles. The highest BCUT2D eigenvalue weighted by atomic mass is 16.5. The Labute approximate surface area is 173 Å². The van der Waals surface area contributed by atoms with Crippen LogP contribution >= 0.6 is 0 Å². The number of fused-ring (bicyclic) bond motifs is 5. The van der Waals surface area contributed by atoms with Crippen LogP contribution in [0, 0.1) is 34.5 Å². The molecule has 0 amide bonds. The maximum Gasteiger partial charge on any atom is 0.303 e. The summed E-state index contributed by atoms with van der Waals surface area (Å²) in [7, 11) is 0. The first-order chi connectivity index (χ1) is 13.5. The lowest BCUT2D eigenvalue weighted by Gasteiger charge is -2.62. The van der Waals surface area contributed by atoms with Crippen molar-refractivity contribution in [1.82, 2.24) is 0 Å². The van der Waals surface area contributed by atoms with Crippen molar-refractivity contribution >= 4 is 11.8 Å². The molecule has 0 aromatic heterocycles. The number of hydrogen-bond donors (Lipinski definition) is 3. The molecule has 29 heavy (non-hydrogen) atoms. The molecular weight excluding hydrogens is 372 g/mol. The van der Waals surface area contributed by atoms with E-state index in [1.807, 2.05) is 6.92 Å². The summed E-state index contributed by atoms with van der Waals surface area (Å²) in [5.74, 6) is 0.0536. The molecule has 9 atom stereocenters. The summed E-state index contributed by atoms with van der Waals surface area (Å²) in [5.41, 5.74) is -2.26. The van der Waals surface area contributed by atoms with Gasteiger partial charge in [-0.3, -0.25) is 9.59 Å². The Hall–Kier alpha value is -0.980. The number of esters is 1. The third kappa shape index (κ3) is 3.01. The van der Waals surface area contributed by atoms with Crippen LogP contribution in [0.3, 0.4) is 0 Å². The second kappa shape index (κ2) is 7.03. The normalized spacial score (nSPS) is 51.5. The summed E-state index contributed by atoms with van der Waals surface area (Å²) in [5, 5.41) is 33.0. The number of rotatable bonds is 3. The average molecular weight is 409 g/mol. The quantitative estimate of drug-likeness (QED) is 0.619. The number of ketones is 1. The molecule has 0 unspecified atom stereocenters. The predicted octanol–water partition coefficient (Wildman–Crippen LogP) is 2.22. The molecule has 0 spiro atoms. The van der Waals surface area contributed by atoms with Gasteiger partial charge in [-0.25, -0.2) is 0 Å². The van der Waals surface area contributed by atoms with Crippen molar-refractivity contribution in [3.05, 3.63) is 0 Å². The lowest BCUT2D eigenvalue weighted by Crippen LogP contribution is -2.63. The molecule has 0 aromatic rings. The molecule has 0 aromatic carbocycles. The van der Waals surface area contributed by atoms with Gasteiger partial charge in [0.05, 0.1) is 12.2 Å². The highest BCUT2D eigenvalue weighted by Crippen LogP contribution is 2.68. The number of ether oxygens (including phenoxy) is 1. The zero-order valence-electron chi connectivity index (χ0n) is 17.9. The zero-order valence-corrected chi connectivity index (χ0v) is 17.9. The number of hydrogen-bond acceptors (Lipinski definition) is 6. The summed E-state index contributed by atoms with van der Waals surface area (Å²) in [4.78, 5) is 24.0. The molecule has 164 valence electrons. The van der Waals surface area contributed by atoms with Crippen molar-refractivity contribution in [2.24, 2.45) is 34.5 Å². The molecule has 4 rings (SSSR count). The van der Waals surface area contributed by atoms with Gasteiger partial charge in [0, 0.05) is 12.3 Å². The molecule has 3 N–H and O–H groups in total. The smallest absolute Gasteiger partial charge is 0.303 e. The van der Waals surface area contributed by atoms with Crippen LogP contribution in [-0.2, 0) is 14.3 Å². The minimum Gasteiger partial charge on any atom is -0.458 e. The van der Waals surface area contributed by atoms with Crippen LogP contribution in [0.1, 0.15) is 72.1 Å². The Kier molecular flexibility index (Phi) is 5.15. The molecule has 6 heteroatoms. The van der Waals surface area contributed by atoms with Crippen LogP contribution in [0.2, 0.25) is 0 Å². The van der Waals surface area contributed by atoms with Crippen molar-refractivity contribution in [3.8, 4) is 0 Å². The standard InChI is InChI=1S/C23H36O6/c1-13(24)29-12-19(27)23(28)9-7-17-16-5-4-14-10-15(25)6-8-21(14,2)20(16)18(26)11-22(17,23)3/h14-18,20,25-26,28H,4-12H2,1-3H3/t14-,15+,16+,17+,18+,20-,21+,22+,23+/m1/s1. The Morgan fingerprint density at radius 2 is 1.79 bits per heavy atom. The van der Waals surface area contributed by atoms with Gasteiger partial charge in [0.25, 0.3) is 0 Å². The van der Waals surface area contributed by atoms with Crippen molar-refractivity contribution in [3.63, 3.8) is 0 Å². The summed E-state index contributed by atoms with van der Waals surface area (Å²) < 4.78 is 4.90. The van der Waals surface area contributed by atoms with E-state index in [2.05, 4.69) is 6.92 Å². The molecule has 0 heterocycles. The van der Waals surface area contributed by atoms with Gasteiger partial charge in [-0.15, -0.1) is 0 Å². The molecule has 4 aliphatic carbocycles. The largest absolute Gasteiger partial charge is 0.458 e. The molecule has 0 saturated heterocycles. The highest BCUT2D eigenvalue weighted by molar-refractivity contribution is 5.90. The van der Waals surface area contributed by atoms with Gasteiger partial charge in [-0.05, 0) is 80.5 Å². The van der Waals surface area contributed by atoms with Crippen molar-refractivity contribution in [1.29, 1.82) is 0 Å². The number of carbonyl (C=O) groups is 2. The summed E-state index contributed by atoms with van der Waals surface area (Å²) in [6, 6.07) is 0. The SMILES string of the molecule is CC(=O)OCC(=O)[C@@]1(O)CC[C@H]2[C@@H]3CC[C@@H]4C[C@@H](O)CC[C@]4(C)[C@H]3[C@@H](O)C[C@@]21C. The van der Waals surface area contributed by atoms with Crippen LogP contribution in [0.25, 0.3) is 0 Å². The minimum atomic E-state index is -1.56. The lowest BCUT2D eigenvalue weighted by molar-refractivity contribution is -0.203. The van der Waals surface area contributed by atoms with Crippen molar-refractivity contribution in [2.45, 2.75) is 89.9 Å². The molecular formula is C23H36O6. The van der Waals surface area contributed by atoms with E-state index in [4.69, 9.17) is 4.74 Å². The Balaban J connectivity index is 1.62. The van der Waals surface area contributed by atoms with Gasteiger partial charge in [0.1, 0.15) is 5.60 Å². The number of aliphatic hydroxyl groups excluding tert-OH is 2. The monoisotopic (exact) mass is 408 g/mol. The van der Waals surface area contributed by atoms with E-state index >= 15 is 0 Å². The number of Topliss-reactive ketones (excluding diaryl/α,β-unsaturated/α-hetero) is 1. The summed E-state index contributed by atoms with van der Waals surface area (Å²) in [6.07, 6.45) is 5.26. The van der Waals surface area contributed by atoms with Gasteiger partial charge in [-0.2, -0.15) is 0 Å². The second-order valence-electron chi connectivity index (χ2n) is 10.8. The summed E-state index contributed by atoms with van der Waals surface area (Å²) >= 11 is 0. The fourth-order valence-electron chi connectivity index (χ4n) is 8.11. The van der Waals surface area contributed by atoms with E-state index in [1.54, 1.807) is 0 Å². The first-order valence-corrected chi connectivity index (χ1v) is 11.3. The molecule has 6 nitrogen and oxygen atoms in total. The van der Waals surface area contributed by atoms with Crippen molar-refractivity contribution < 1.29 is 29.6 Å². The summed E-state index contributed by atoms with van der Waals surface area (Å²) in [6.45, 7) is 5.09. The van der Waals surface area contributed by atoms with Crippen LogP contribution in [0.15, 0.2) is 0 Å². The highest BCUT2D eigenvalue weighted by Gasteiger charge is 2.68. The van der Waals surface area contributed by atoms with E-state index in [1.165, 1.54) is 6.92 Å². The molecule has 0 bridgehead atoms. The van der Waals surface area contributed by atoms with Crippen LogP contribution in [-0.4, -0.2) is 51.5 Å². The number of carbonyl (C=O) groups excluding carboxylic acids is 2. The molecule has 4 fully saturated rings. The first-order valence-electron chi connectivity index (χ1n) is 11.3. The van der Waals surface area contributed by atoms with Crippen LogP contribution in [0.4, 0.5) is 0 Å². The van der Waals surface area contributed by atoms with Gasteiger partial charge < -0.3 is 20.1 Å². The maximum atomic E-state index is 12.9. The molecule has 4 saturated carbocycles. The molecule has 4 aliphatic rings. The van der Waals surface area contributed by atoms with Crippen LogP contribution in [0.5, 0.6) is 0 Å². The Morgan fingerprint density at radius 1 is 1.07 bits per heavy atom. The third-order valence-corrected chi connectivity index (χ3v) is 9.59. The van der Waals surface area contributed by atoms with Gasteiger partial charge in [0.15, 0.2) is 6.61 Å². The van der Waals surface area contributed by atoms with Gasteiger partial charge in [-0.1, -0.05) is 13.8 Å². The van der Waals surface area contributed by atoms with E-state index in [-0.39, 0.29) is 29.3 Å². The second-order valence-corrected chi connectivity index (χ2v) is 10.8. The number of aliphatic hydroxyl groups is 3. The Morgan fingerprint density at radius 3 is 2.48 bits per heavy atom. The van der Waals surface area contributed by atoms with E-state index in [0.717, 1.165) is 38.5 Å². The van der Waals surface area contributed by atoms with Gasteiger partial charge in [0.2, 0.25) is 5.78 Å². The fourth-order valence-corrected chi connectivity index (χ4v) is 8.11. The Bertz CT molecular complexity index is 693. The minimum absolute atomic E-state index is 0.00531. The van der Waals surface area contributed by atoms with Gasteiger partial charge >= 0.3 is 5.97 Å².